The van der Waals surface area contributed by atoms with Gasteiger partial charge in [0.15, 0.2) is 0 Å². The van der Waals surface area contributed by atoms with E-state index in [4.69, 9.17) is 4.74 Å². The first-order valence-electron chi connectivity index (χ1n) is 9.64. The largest absolute Gasteiger partial charge is 0.481 e. The molecule has 0 aromatic heterocycles. The van der Waals surface area contributed by atoms with Crippen LogP contribution in [0.4, 0.5) is 0 Å². The Morgan fingerprint density at radius 1 is 1.19 bits per heavy atom. The van der Waals surface area contributed by atoms with Crippen molar-refractivity contribution in [3.05, 3.63) is 48.0 Å². The zero-order valence-corrected chi connectivity index (χ0v) is 15.7. The molecule has 5 heteroatoms. The Kier molecular flexibility index (Phi) is 6.45. The van der Waals surface area contributed by atoms with Crippen LogP contribution in [0, 0.1) is 5.92 Å². The van der Waals surface area contributed by atoms with Crippen LogP contribution in [-0.4, -0.2) is 35.7 Å². The van der Waals surface area contributed by atoms with Crippen molar-refractivity contribution >= 4 is 22.6 Å². The molecule has 1 amide bonds. The SMILES string of the molecule is CC1CCC(CCC(=O)NCC(Cc2cccc3ccccc23)C(=O)O)O1. The van der Waals surface area contributed by atoms with Crippen LogP contribution in [0.5, 0.6) is 0 Å². The first-order chi connectivity index (χ1) is 13.0. The van der Waals surface area contributed by atoms with Crippen molar-refractivity contribution in [2.24, 2.45) is 5.92 Å². The molecule has 0 bridgehead atoms. The number of benzene rings is 2. The average Bonchev–Trinajstić information content (AvgIpc) is 3.08. The summed E-state index contributed by atoms with van der Waals surface area (Å²) in [7, 11) is 0. The first kappa shape index (κ1) is 19.4. The Morgan fingerprint density at radius 2 is 1.96 bits per heavy atom. The highest BCUT2D eigenvalue weighted by Crippen LogP contribution is 2.23. The standard InChI is InChI=1S/C22H27NO4/c1-15-9-10-19(27-15)11-12-21(24)23-14-18(22(25)26)13-17-7-4-6-16-5-2-3-8-20(16)17/h2-8,15,18-19H,9-14H2,1H3,(H,23,24)(H,25,26). The van der Waals surface area contributed by atoms with Gasteiger partial charge >= 0.3 is 5.97 Å². The Labute approximate surface area is 159 Å². The maximum atomic E-state index is 12.1. The van der Waals surface area contributed by atoms with Gasteiger partial charge in [0, 0.05) is 13.0 Å². The fourth-order valence-electron chi connectivity index (χ4n) is 3.70. The number of carboxylic acid groups (broad SMARTS) is 1. The molecule has 27 heavy (non-hydrogen) atoms. The third-order valence-corrected chi connectivity index (χ3v) is 5.25. The van der Waals surface area contributed by atoms with Gasteiger partial charge in [-0.3, -0.25) is 9.59 Å². The number of ether oxygens (including phenoxy) is 1. The van der Waals surface area contributed by atoms with E-state index in [1.54, 1.807) is 0 Å². The molecule has 2 aromatic rings. The molecule has 0 spiro atoms. The van der Waals surface area contributed by atoms with Crippen molar-refractivity contribution in [3.63, 3.8) is 0 Å². The lowest BCUT2D eigenvalue weighted by Crippen LogP contribution is -2.34. The van der Waals surface area contributed by atoms with Gasteiger partial charge in [-0.1, -0.05) is 42.5 Å². The molecule has 3 atom stereocenters. The summed E-state index contributed by atoms with van der Waals surface area (Å²) in [6, 6.07) is 13.9. The number of hydrogen-bond donors (Lipinski definition) is 2. The van der Waals surface area contributed by atoms with Crippen molar-refractivity contribution in [1.82, 2.24) is 5.32 Å². The zero-order valence-electron chi connectivity index (χ0n) is 15.7. The van der Waals surface area contributed by atoms with Crippen LogP contribution in [-0.2, 0) is 20.7 Å². The van der Waals surface area contributed by atoms with Gasteiger partial charge in [0.25, 0.3) is 0 Å². The van der Waals surface area contributed by atoms with Crippen molar-refractivity contribution in [2.75, 3.05) is 6.54 Å². The first-order valence-corrected chi connectivity index (χ1v) is 9.64. The molecule has 1 fully saturated rings. The van der Waals surface area contributed by atoms with Gasteiger partial charge in [0.1, 0.15) is 0 Å². The van der Waals surface area contributed by atoms with E-state index in [1.165, 1.54) is 0 Å². The molecule has 1 aliphatic rings. The molecule has 3 rings (SSSR count). The minimum Gasteiger partial charge on any atom is -0.481 e. The van der Waals surface area contributed by atoms with E-state index in [9.17, 15) is 14.7 Å². The van der Waals surface area contributed by atoms with E-state index >= 15 is 0 Å². The molecule has 1 saturated heterocycles. The summed E-state index contributed by atoms with van der Waals surface area (Å²) in [6.07, 6.45) is 3.91. The highest BCUT2D eigenvalue weighted by atomic mass is 16.5. The lowest BCUT2D eigenvalue weighted by Gasteiger charge is -2.16. The Balaban J connectivity index is 1.54. The lowest BCUT2D eigenvalue weighted by molar-refractivity contribution is -0.141. The molecule has 1 aliphatic heterocycles. The molecular formula is C22H27NO4. The molecule has 144 valence electrons. The van der Waals surface area contributed by atoms with Gasteiger partial charge in [0.05, 0.1) is 18.1 Å². The maximum Gasteiger partial charge on any atom is 0.308 e. The third kappa shape index (κ3) is 5.30. The van der Waals surface area contributed by atoms with E-state index < -0.39 is 11.9 Å². The Morgan fingerprint density at radius 3 is 2.70 bits per heavy atom. The number of aliphatic carboxylic acids is 1. The molecule has 0 aliphatic carbocycles. The fraction of sp³-hybridized carbons (Fsp3) is 0.455. The molecular weight excluding hydrogens is 342 g/mol. The summed E-state index contributed by atoms with van der Waals surface area (Å²) >= 11 is 0. The van der Waals surface area contributed by atoms with E-state index in [1.807, 2.05) is 49.4 Å². The van der Waals surface area contributed by atoms with Crippen molar-refractivity contribution in [2.45, 2.75) is 51.2 Å². The summed E-state index contributed by atoms with van der Waals surface area (Å²) in [4.78, 5) is 23.8. The monoisotopic (exact) mass is 369 g/mol. The summed E-state index contributed by atoms with van der Waals surface area (Å²) < 4.78 is 5.72. The summed E-state index contributed by atoms with van der Waals surface area (Å²) in [6.45, 7) is 2.18. The topological polar surface area (TPSA) is 75.6 Å². The number of nitrogens with one attached hydrogen (secondary N) is 1. The highest BCUT2D eigenvalue weighted by molar-refractivity contribution is 5.86. The second kappa shape index (κ2) is 9.00. The number of hydrogen-bond acceptors (Lipinski definition) is 3. The molecule has 5 nitrogen and oxygen atoms in total. The lowest BCUT2D eigenvalue weighted by atomic mass is 9.94. The van der Waals surface area contributed by atoms with Crippen LogP contribution in [0.1, 0.15) is 38.2 Å². The third-order valence-electron chi connectivity index (χ3n) is 5.25. The predicted octanol–water partition coefficient (Wildman–Crippen LogP) is 3.55. The van der Waals surface area contributed by atoms with Crippen LogP contribution in [0.2, 0.25) is 0 Å². The van der Waals surface area contributed by atoms with Crippen LogP contribution < -0.4 is 5.32 Å². The van der Waals surface area contributed by atoms with E-state index in [-0.39, 0.29) is 24.7 Å². The smallest absolute Gasteiger partial charge is 0.308 e. The minimum atomic E-state index is -0.892. The van der Waals surface area contributed by atoms with Gasteiger partial charge in [0.2, 0.25) is 5.91 Å². The Hall–Kier alpha value is -2.40. The normalized spacial score (nSPS) is 20.5. The van der Waals surface area contributed by atoms with Gasteiger partial charge < -0.3 is 15.2 Å². The summed E-state index contributed by atoms with van der Waals surface area (Å²) in [5.41, 5.74) is 0.989. The van der Waals surface area contributed by atoms with Crippen LogP contribution in [0.3, 0.4) is 0 Å². The van der Waals surface area contributed by atoms with Crippen LogP contribution in [0.15, 0.2) is 42.5 Å². The number of amides is 1. The van der Waals surface area contributed by atoms with Crippen molar-refractivity contribution in [3.8, 4) is 0 Å². The number of carbonyl (C=O) groups is 2. The van der Waals surface area contributed by atoms with Crippen molar-refractivity contribution < 1.29 is 19.4 Å². The summed E-state index contributed by atoms with van der Waals surface area (Å²) in [5.74, 6) is -1.65. The van der Waals surface area contributed by atoms with Crippen molar-refractivity contribution in [1.29, 1.82) is 0 Å². The maximum absolute atomic E-state index is 12.1. The zero-order chi connectivity index (χ0) is 19.2. The number of rotatable bonds is 8. The van der Waals surface area contributed by atoms with Gasteiger partial charge in [-0.05, 0) is 48.9 Å². The predicted molar refractivity (Wildman–Crippen MR) is 105 cm³/mol. The van der Waals surface area contributed by atoms with Crippen LogP contribution >= 0.6 is 0 Å². The molecule has 2 aromatic carbocycles. The number of fused-ring (bicyclic) bond motifs is 1. The van der Waals surface area contributed by atoms with E-state index in [0.29, 0.717) is 19.3 Å². The number of carboxylic acids is 1. The van der Waals surface area contributed by atoms with E-state index in [0.717, 1.165) is 29.2 Å². The number of carbonyl (C=O) groups excluding carboxylic acids is 1. The highest BCUT2D eigenvalue weighted by Gasteiger charge is 2.23. The molecule has 2 N–H and O–H groups in total. The Bertz CT molecular complexity index is 799. The second-order valence-corrected chi connectivity index (χ2v) is 7.37. The van der Waals surface area contributed by atoms with E-state index in [2.05, 4.69) is 5.32 Å². The van der Waals surface area contributed by atoms with Crippen LogP contribution in [0.25, 0.3) is 10.8 Å². The fourth-order valence-corrected chi connectivity index (χ4v) is 3.70. The summed E-state index contributed by atoms with van der Waals surface area (Å²) in [5, 5.41) is 14.5. The van der Waals surface area contributed by atoms with Gasteiger partial charge in [-0.2, -0.15) is 0 Å². The molecule has 0 saturated carbocycles. The minimum absolute atomic E-state index is 0.109. The molecule has 3 unspecified atom stereocenters. The quantitative estimate of drug-likeness (QED) is 0.746. The molecule has 1 heterocycles. The van der Waals surface area contributed by atoms with Gasteiger partial charge in [-0.15, -0.1) is 0 Å². The molecule has 0 radical (unpaired) electrons. The van der Waals surface area contributed by atoms with Gasteiger partial charge in [-0.25, -0.2) is 0 Å². The second-order valence-electron chi connectivity index (χ2n) is 7.37. The average molecular weight is 369 g/mol.